The number of anilines is 2. The van der Waals surface area contributed by atoms with Crippen LogP contribution in [0.3, 0.4) is 0 Å². The summed E-state index contributed by atoms with van der Waals surface area (Å²) in [6.45, 7) is 4.90. The van der Waals surface area contributed by atoms with Crippen LogP contribution in [0.25, 0.3) is 0 Å². The number of hydrogen-bond acceptors (Lipinski definition) is 5. The van der Waals surface area contributed by atoms with Gasteiger partial charge in [0.25, 0.3) is 5.91 Å². The zero-order valence-corrected chi connectivity index (χ0v) is 12.5. The summed E-state index contributed by atoms with van der Waals surface area (Å²) >= 11 is 0. The van der Waals surface area contributed by atoms with E-state index >= 15 is 0 Å². The summed E-state index contributed by atoms with van der Waals surface area (Å²) in [7, 11) is 0. The number of morpholine rings is 1. The molecular weight excluding hydrogens is 280 g/mol. The van der Waals surface area contributed by atoms with Gasteiger partial charge in [0.05, 0.1) is 13.2 Å². The van der Waals surface area contributed by atoms with Gasteiger partial charge >= 0.3 is 0 Å². The molecule has 1 aromatic carbocycles. The van der Waals surface area contributed by atoms with Gasteiger partial charge in [-0.05, 0) is 19.1 Å². The third-order valence-corrected chi connectivity index (χ3v) is 3.53. The highest BCUT2D eigenvalue weighted by Gasteiger charge is 2.15. The number of ether oxygens (including phenoxy) is 1. The summed E-state index contributed by atoms with van der Waals surface area (Å²) < 4.78 is 5.32. The first-order chi connectivity index (χ1) is 10.7. The van der Waals surface area contributed by atoms with Crippen LogP contribution in [-0.2, 0) is 4.74 Å². The standard InChI is InChI=1S/C16H18N4O2/c1-12-2-4-13(5-3-12)19-16(21)14-10-15(18-11-17-14)20-6-8-22-9-7-20/h2-5,10-11H,6-9H2,1H3,(H,19,21). The number of hydrogen-bond donors (Lipinski definition) is 1. The summed E-state index contributed by atoms with van der Waals surface area (Å²) in [5, 5.41) is 2.84. The van der Waals surface area contributed by atoms with Crippen LogP contribution in [0.2, 0.25) is 0 Å². The summed E-state index contributed by atoms with van der Waals surface area (Å²) in [6.07, 6.45) is 1.43. The van der Waals surface area contributed by atoms with E-state index in [4.69, 9.17) is 4.74 Å². The summed E-state index contributed by atoms with van der Waals surface area (Å²) in [5.41, 5.74) is 2.26. The first-order valence-corrected chi connectivity index (χ1v) is 7.25. The Morgan fingerprint density at radius 3 is 2.64 bits per heavy atom. The molecule has 1 fully saturated rings. The number of aromatic nitrogens is 2. The van der Waals surface area contributed by atoms with Gasteiger partial charge in [0.2, 0.25) is 0 Å². The molecule has 0 aliphatic carbocycles. The molecule has 1 amide bonds. The lowest BCUT2D eigenvalue weighted by atomic mass is 10.2. The Kier molecular flexibility index (Phi) is 4.29. The number of nitrogens with one attached hydrogen (secondary N) is 1. The van der Waals surface area contributed by atoms with E-state index in [2.05, 4.69) is 20.2 Å². The number of rotatable bonds is 3. The minimum Gasteiger partial charge on any atom is -0.378 e. The molecule has 6 nitrogen and oxygen atoms in total. The molecule has 0 radical (unpaired) electrons. The normalized spacial score (nSPS) is 14.7. The van der Waals surface area contributed by atoms with Crippen LogP contribution >= 0.6 is 0 Å². The van der Waals surface area contributed by atoms with Gasteiger partial charge in [-0.2, -0.15) is 0 Å². The average molecular weight is 298 g/mol. The molecule has 1 aliphatic rings. The van der Waals surface area contributed by atoms with Crippen LogP contribution in [0.4, 0.5) is 11.5 Å². The van der Waals surface area contributed by atoms with Crippen LogP contribution in [0, 0.1) is 6.92 Å². The molecule has 0 atom stereocenters. The Hall–Kier alpha value is -2.47. The predicted molar refractivity (Wildman–Crippen MR) is 84.2 cm³/mol. The van der Waals surface area contributed by atoms with Gasteiger partial charge in [-0.15, -0.1) is 0 Å². The van der Waals surface area contributed by atoms with Crippen molar-refractivity contribution in [2.75, 3.05) is 36.5 Å². The molecule has 1 aromatic heterocycles. The maximum Gasteiger partial charge on any atom is 0.274 e. The van der Waals surface area contributed by atoms with Crippen molar-refractivity contribution in [3.8, 4) is 0 Å². The third-order valence-electron chi connectivity index (χ3n) is 3.53. The van der Waals surface area contributed by atoms with E-state index in [0.29, 0.717) is 18.9 Å². The minimum absolute atomic E-state index is 0.235. The maximum atomic E-state index is 12.3. The summed E-state index contributed by atoms with van der Waals surface area (Å²) in [5.74, 6) is 0.521. The highest BCUT2D eigenvalue weighted by Crippen LogP contribution is 2.14. The molecule has 0 saturated carbocycles. The zero-order chi connectivity index (χ0) is 15.4. The van der Waals surface area contributed by atoms with E-state index in [-0.39, 0.29) is 5.91 Å². The Morgan fingerprint density at radius 2 is 1.91 bits per heavy atom. The second-order valence-electron chi connectivity index (χ2n) is 5.18. The van der Waals surface area contributed by atoms with Gasteiger partial charge < -0.3 is 15.0 Å². The monoisotopic (exact) mass is 298 g/mol. The highest BCUT2D eigenvalue weighted by molar-refractivity contribution is 6.03. The molecule has 2 aromatic rings. The first-order valence-electron chi connectivity index (χ1n) is 7.25. The summed E-state index contributed by atoms with van der Waals surface area (Å²) in [6, 6.07) is 9.37. The van der Waals surface area contributed by atoms with Crippen molar-refractivity contribution in [3.63, 3.8) is 0 Å². The molecule has 114 valence electrons. The molecule has 1 saturated heterocycles. The van der Waals surface area contributed by atoms with Gasteiger partial charge in [0, 0.05) is 24.8 Å². The zero-order valence-electron chi connectivity index (χ0n) is 12.5. The number of amides is 1. The highest BCUT2D eigenvalue weighted by atomic mass is 16.5. The molecule has 0 unspecified atom stereocenters. The van der Waals surface area contributed by atoms with Crippen LogP contribution in [0.1, 0.15) is 16.1 Å². The largest absolute Gasteiger partial charge is 0.378 e. The van der Waals surface area contributed by atoms with Crippen molar-refractivity contribution in [1.82, 2.24) is 9.97 Å². The molecule has 1 aliphatic heterocycles. The van der Waals surface area contributed by atoms with Gasteiger partial charge in [-0.25, -0.2) is 9.97 Å². The van der Waals surface area contributed by atoms with Gasteiger partial charge in [0.1, 0.15) is 17.8 Å². The first kappa shape index (κ1) is 14.5. The SMILES string of the molecule is Cc1ccc(NC(=O)c2cc(N3CCOCC3)ncn2)cc1. The third kappa shape index (κ3) is 3.40. The van der Waals surface area contributed by atoms with E-state index in [1.165, 1.54) is 6.33 Å². The molecule has 0 spiro atoms. The van der Waals surface area contributed by atoms with Gasteiger partial charge in [-0.3, -0.25) is 4.79 Å². The Labute approximate surface area is 129 Å². The lowest BCUT2D eigenvalue weighted by molar-refractivity contribution is 0.102. The minimum atomic E-state index is -0.235. The maximum absolute atomic E-state index is 12.3. The fourth-order valence-electron chi connectivity index (χ4n) is 2.27. The molecule has 22 heavy (non-hydrogen) atoms. The Morgan fingerprint density at radius 1 is 1.18 bits per heavy atom. The topological polar surface area (TPSA) is 67.4 Å². The Balaban J connectivity index is 1.73. The van der Waals surface area contributed by atoms with Crippen LogP contribution < -0.4 is 10.2 Å². The quantitative estimate of drug-likeness (QED) is 0.937. The molecule has 3 rings (SSSR count). The molecule has 0 bridgehead atoms. The van der Waals surface area contributed by atoms with Gasteiger partial charge in [0.15, 0.2) is 0 Å². The number of carbonyl (C=O) groups excluding carboxylic acids is 1. The molecule has 6 heteroatoms. The second kappa shape index (κ2) is 6.53. The predicted octanol–water partition coefficient (Wildman–Crippen LogP) is 1.87. The van der Waals surface area contributed by atoms with Crippen molar-refractivity contribution >= 4 is 17.4 Å². The van der Waals surface area contributed by atoms with E-state index in [1.54, 1.807) is 6.07 Å². The number of carbonyl (C=O) groups is 1. The van der Waals surface area contributed by atoms with Crippen molar-refractivity contribution in [1.29, 1.82) is 0 Å². The number of benzene rings is 1. The molecular formula is C16H18N4O2. The molecule has 2 heterocycles. The second-order valence-corrected chi connectivity index (χ2v) is 5.18. The number of nitrogens with zero attached hydrogens (tertiary/aromatic N) is 3. The molecule has 1 N–H and O–H groups in total. The van der Waals surface area contributed by atoms with Gasteiger partial charge in [-0.1, -0.05) is 17.7 Å². The van der Waals surface area contributed by atoms with Crippen molar-refractivity contribution < 1.29 is 9.53 Å². The van der Waals surface area contributed by atoms with Crippen molar-refractivity contribution in [2.45, 2.75) is 6.92 Å². The summed E-state index contributed by atoms with van der Waals surface area (Å²) in [4.78, 5) is 22.7. The van der Waals surface area contributed by atoms with E-state index in [9.17, 15) is 4.79 Å². The Bertz CT molecular complexity index is 651. The lowest BCUT2D eigenvalue weighted by Gasteiger charge is -2.27. The lowest BCUT2D eigenvalue weighted by Crippen LogP contribution is -2.37. The number of aryl methyl sites for hydroxylation is 1. The van der Waals surface area contributed by atoms with E-state index in [1.807, 2.05) is 31.2 Å². The van der Waals surface area contributed by atoms with E-state index in [0.717, 1.165) is 30.2 Å². The average Bonchev–Trinajstić information content (AvgIpc) is 2.58. The van der Waals surface area contributed by atoms with E-state index < -0.39 is 0 Å². The smallest absolute Gasteiger partial charge is 0.274 e. The fraction of sp³-hybridized carbons (Fsp3) is 0.312. The van der Waals surface area contributed by atoms with Crippen LogP contribution in [0.15, 0.2) is 36.7 Å². The van der Waals surface area contributed by atoms with Crippen LogP contribution in [0.5, 0.6) is 0 Å². The van der Waals surface area contributed by atoms with Crippen LogP contribution in [-0.4, -0.2) is 42.2 Å². The van der Waals surface area contributed by atoms with Crippen molar-refractivity contribution in [2.24, 2.45) is 0 Å². The fourth-order valence-corrected chi connectivity index (χ4v) is 2.27. The van der Waals surface area contributed by atoms with Crippen molar-refractivity contribution in [3.05, 3.63) is 47.9 Å².